The molecule has 3 rings (SSSR count). The number of urea groups is 1. The summed E-state index contributed by atoms with van der Waals surface area (Å²) in [5, 5.41) is 4.04. The fourth-order valence-electron chi connectivity index (χ4n) is 2.84. The number of hydrogen-bond acceptors (Lipinski definition) is 3. The van der Waals surface area contributed by atoms with Crippen molar-refractivity contribution in [1.82, 2.24) is 9.88 Å². The molecule has 2 atom stereocenters. The molecule has 2 heterocycles. The van der Waals surface area contributed by atoms with Crippen LogP contribution in [0.15, 0.2) is 30.5 Å². The van der Waals surface area contributed by atoms with Crippen LogP contribution in [-0.4, -0.2) is 41.2 Å². The first-order valence-electron chi connectivity index (χ1n) is 7.61. The number of nitrogens with one attached hydrogen (secondary N) is 1. The van der Waals surface area contributed by atoms with E-state index in [9.17, 15) is 4.79 Å². The fourth-order valence-corrected chi connectivity index (χ4v) is 2.84. The predicted octanol–water partition coefficient (Wildman–Crippen LogP) is 3.18. The summed E-state index contributed by atoms with van der Waals surface area (Å²) >= 11 is 0. The van der Waals surface area contributed by atoms with Gasteiger partial charge in [-0.3, -0.25) is 4.98 Å². The van der Waals surface area contributed by atoms with Gasteiger partial charge in [0.2, 0.25) is 0 Å². The number of amides is 2. The quantitative estimate of drug-likeness (QED) is 0.880. The van der Waals surface area contributed by atoms with Crippen LogP contribution in [0.3, 0.4) is 0 Å². The molecule has 1 aliphatic rings. The molecule has 116 valence electrons. The molecule has 0 radical (unpaired) electrons. The van der Waals surface area contributed by atoms with E-state index in [0.29, 0.717) is 13.2 Å². The zero-order chi connectivity index (χ0) is 15.7. The number of benzene rings is 1. The first kappa shape index (κ1) is 14.8. The number of anilines is 1. The van der Waals surface area contributed by atoms with E-state index in [1.54, 1.807) is 6.20 Å². The summed E-state index contributed by atoms with van der Waals surface area (Å²) in [4.78, 5) is 18.8. The van der Waals surface area contributed by atoms with Gasteiger partial charge in [-0.1, -0.05) is 6.07 Å². The Hall–Kier alpha value is -2.14. The summed E-state index contributed by atoms with van der Waals surface area (Å²) in [6.07, 6.45) is 1.79. The zero-order valence-electron chi connectivity index (χ0n) is 13.2. The van der Waals surface area contributed by atoms with Crippen molar-refractivity contribution in [3.8, 4) is 0 Å². The van der Waals surface area contributed by atoms with Crippen molar-refractivity contribution in [2.45, 2.75) is 32.9 Å². The molecule has 5 heteroatoms. The second-order valence-electron chi connectivity index (χ2n) is 5.83. The highest BCUT2D eigenvalue weighted by Crippen LogP contribution is 2.24. The lowest BCUT2D eigenvalue weighted by Gasteiger charge is -2.37. The standard InChI is InChI=1S/C17H21N3O2/c1-11-9-14-5-4-6-18-16(14)15(10-11)19-17(21)20-7-8-22-13(3)12(20)2/h4-6,9-10,12-13H,7-8H2,1-3H3,(H,19,21)/t12-,13-/m1/s1. The first-order valence-corrected chi connectivity index (χ1v) is 7.61. The Morgan fingerprint density at radius 2 is 2.23 bits per heavy atom. The minimum Gasteiger partial charge on any atom is -0.375 e. The van der Waals surface area contributed by atoms with Crippen molar-refractivity contribution in [3.63, 3.8) is 0 Å². The Morgan fingerprint density at radius 3 is 3.05 bits per heavy atom. The largest absolute Gasteiger partial charge is 0.375 e. The van der Waals surface area contributed by atoms with Crippen LogP contribution in [0, 0.1) is 6.92 Å². The normalized spacial score (nSPS) is 21.9. The molecule has 2 amide bonds. The van der Waals surface area contributed by atoms with Gasteiger partial charge in [0, 0.05) is 18.1 Å². The highest BCUT2D eigenvalue weighted by molar-refractivity contribution is 6.00. The Bertz CT molecular complexity index is 701. The maximum atomic E-state index is 12.6. The number of aryl methyl sites for hydroxylation is 1. The van der Waals surface area contributed by atoms with Gasteiger partial charge in [-0.2, -0.15) is 0 Å². The number of fused-ring (bicyclic) bond motifs is 1. The van der Waals surface area contributed by atoms with E-state index < -0.39 is 0 Å². The van der Waals surface area contributed by atoms with E-state index in [4.69, 9.17) is 4.74 Å². The molecule has 0 spiro atoms. The average Bonchev–Trinajstić information content (AvgIpc) is 2.49. The summed E-state index contributed by atoms with van der Waals surface area (Å²) in [5.74, 6) is 0. The smallest absolute Gasteiger partial charge is 0.322 e. The van der Waals surface area contributed by atoms with Crippen molar-refractivity contribution < 1.29 is 9.53 Å². The molecule has 1 aliphatic heterocycles. The lowest BCUT2D eigenvalue weighted by molar-refractivity contribution is -0.0355. The van der Waals surface area contributed by atoms with Crippen LogP contribution < -0.4 is 5.32 Å². The van der Waals surface area contributed by atoms with E-state index in [2.05, 4.69) is 16.4 Å². The number of rotatable bonds is 1. The number of nitrogens with zero attached hydrogens (tertiary/aromatic N) is 2. The predicted molar refractivity (Wildman–Crippen MR) is 87.1 cm³/mol. The van der Waals surface area contributed by atoms with E-state index in [0.717, 1.165) is 22.2 Å². The molecular formula is C17H21N3O2. The van der Waals surface area contributed by atoms with Crippen LogP contribution in [0.2, 0.25) is 0 Å². The lowest BCUT2D eigenvalue weighted by Crippen LogP contribution is -2.52. The number of ether oxygens (including phenoxy) is 1. The number of pyridine rings is 1. The Morgan fingerprint density at radius 1 is 1.41 bits per heavy atom. The van der Waals surface area contributed by atoms with Crippen LogP contribution in [0.25, 0.3) is 10.9 Å². The summed E-state index contributed by atoms with van der Waals surface area (Å²) < 4.78 is 5.58. The van der Waals surface area contributed by atoms with Crippen molar-refractivity contribution in [1.29, 1.82) is 0 Å². The SMILES string of the molecule is Cc1cc(NC(=O)N2CCO[C@H](C)[C@H]2C)c2ncccc2c1. The third-order valence-corrected chi connectivity index (χ3v) is 4.24. The Balaban J connectivity index is 1.88. The summed E-state index contributed by atoms with van der Waals surface area (Å²) in [6, 6.07) is 7.89. The lowest BCUT2D eigenvalue weighted by atomic mass is 10.1. The Kier molecular flexibility index (Phi) is 3.98. The third kappa shape index (κ3) is 2.76. The van der Waals surface area contributed by atoms with Crippen LogP contribution in [-0.2, 0) is 4.74 Å². The maximum Gasteiger partial charge on any atom is 0.322 e. The third-order valence-electron chi connectivity index (χ3n) is 4.24. The van der Waals surface area contributed by atoms with Crippen molar-refractivity contribution in [2.75, 3.05) is 18.5 Å². The van der Waals surface area contributed by atoms with Crippen molar-refractivity contribution >= 4 is 22.6 Å². The van der Waals surface area contributed by atoms with E-state index in [1.807, 2.05) is 43.9 Å². The van der Waals surface area contributed by atoms with Gasteiger partial charge in [0.25, 0.3) is 0 Å². The van der Waals surface area contributed by atoms with E-state index in [-0.39, 0.29) is 18.2 Å². The molecule has 1 aromatic heterocycles. The van der Waals surface area contributed by atoms with Crippen LogP contribution in [0.4, 0.5) is 10.5 Å². The first-order chi connectivity index (χ1) is 10.6. The topological polar surface area (TPSA) is 54.5 Å². The summed E-state index contributed by atoms with van der Waals surface area (Å²) in [5.41, 5.74) is 2.67. The number of aromatic nitrogens is 1. The van der Waals surface area contributed by atoms with Crippen LogP contribution >= 0.6 is 0 Å². The van der Waals surface area contributed by atoms with E-state index in [1.165, 1.54) is 0 Å². The van der Waals surface area contributed by atoms with Gasteiger partial charge in [0.05, 0.1) is 30.0 Å². The molecule has 0 unspecified atom stereocenters. The molecule has 1 aromatic carbocycles. The highest BCUT2D eigenvalue weighted by atomic mass is 16.5. The van der Waals surface area contributed by atoms with Gasteiger partial charge in [-0.05, 0) is 44.5 Å². The molecule has 0 bridgehead atoms. The molecule has 1 N–H and O–H groups in total. The number of hydrogen-bond donors (Lipinski definition) is 1. The molecule has 2 aromatic rings. The zero-order valence-corrected chi connectivity index (χ0v) is 13.2. The number of carbonyl (C=O) groups is 1. The van der Waals surface area contributed by atoms with Gasteiger partial charge in [0.1, 0.15) is 0 Å². The fraction of sp³-hybridized carbons (Fsp3) is 0.412. The summed E-state index contributed by atoms with van der Waals surface area (Å²) in [7, 11) is 0. The van der Waals surface area contributed by atoms with Gasteiger partial charge in [0.15, 0.2) is 0 Å². The molecule has 0 aliphatic carbocycles. The second kappa shape index (κ2) is 5.93. The molecule has 1 saturated heterocycles. The highest BCUT2D eigenvalue weighted by Gasteiger charge is 2.29. The molecular weight excluding hydrogens is 278 g/mol. The molecule has 0 saturated carbocycles. The molecule has 22 heavy (non-hydrogen) atoms. The van der Waals surface area contributed by atoms with Gasteiger partial charge < -0.3 is 15.0 Å². The maximum absolute atomic E-state index is 12.6. The van der Waals surface area contributed by atoms with Gasteiger partial charge >= 0.3 is 6.03 Å². The van der Waals surface area contributed by atoms with Gasteiger partial charge in [-0.25, -0.2) is 4.79 Å². The van der Waals surface area contributed by atoms with E-state index >= 15 is 0 Å². The van der Waals surface area contributed by atoms with Crippen LogP contribution in [0.1, 0.15) is 19.4 Å². The Labute approximate surface area is 130 Å². The molecule has 5 nitrogen and oxygen atoms in total. The number of morpholine rings is 1. The van der Waals surface area contributed by atoms with Crippen LogP contribution in [0.5, 0.6) is 0 Å². The van der Waals surface area contributed by atoms with Crippen molar-refractivity contribution in [3.05, 3.63) is 36.0 Å². The molecule has 1 fully saturated rings. The minimum absolute atomic E-state index is 0.0480. The second-order valence-corrected chi connectivity index (χ2v) is 5.83. The number of carbonyl (C=O) groups excluding carboxylic acids is 1. The van der Waals surface area contributed by atoms with Gasteiger partial charge in [-0.15, -0.1) is 0 Å². The minimum atomic E-state index is -0.0970. The average molecular weight is 299 g/mol. The summed E-state index contributed by atoms with van der Waals surface area (Å²) in [6.45, 7) is 7.20. The monoisotopic (exact) mass is 299 g/mol. The van der Waals surface area contributed by atoms with Crippen molar-refractivity contribution in [2.24, 2.45) is 0 Å².